The molecule has 1 amide bonds. The summed E-state index contributed by atoms with van der Waals surface area (Å²) in [6, 6.07) is 14.4. The lowest BCUT2D eigenvalue weighted by Crippen LogP contribution is -2.38. The average Bonchev–Trinajstić information content (AvgIpc) is 2.81. The van der Waals surface area contributed by atoms with Gasteiger partial charge in [0.1, 0.15) is 5.82 Å². The number of fused-ring (bicyclic) bond motifs is 1. The highest BCUT2D eigenvalue weighted by atomic mass is 32.2. The molecular weight excluding hydrogens is 427 g/mol. The molecule has 1 N–H and O–H groups in total. The number of nitrogens with one attached hydrogen (secondary N) is 1. The first kappa shape index (κ1) is 22.5. The van der Waals surface area contributed by atoms with Crippen molar-refractivity contribution in [1.82, 2.24) is 19.8 Å². The molecule has 0 spiro atoms. The molecule has 6 nitrogen and oxygen atoms in total. The van der Waals surface area contributed by atoms with Crippen LogP contribution in [0, 0.1) is 11.7 Å². The number of rotatable bonds is 7. The van der Waals surface area contributed by atoms with Crippen molar-refractivity contribution >= 4 is 28.7 Å². The molecule has 2 heterocycles. The van der Waals surface area contributed by atoms with Gasteiger partial charge in [-0.25, -0.2) is 9.37 Å². The van der Waals surface area contributed by atoms with Gasteiger partial charge in [0.25, 0.3) is 5.56 Å². The summed E-state index contributed by atoms with van der Waals surface area (Å²) >= 11 is 1.17. The number of hydrogen-bond donors (Lipinski definition) is 1. The summed E-state index contributed by atoms with van der Waals surface area (Å²) in [6.07, 6.45) is 1.93. The van der Waals surface area contributed by atoms with Crippen LogP contribution in [0.4, 0.5) is 4.39 Å². The number of carbonyl (C=O) groups excluding carboxylic acids is 1. The minimum Gasteiger partial charge on any atom is -0.355 e. The molecule has 3 aromatic rings. The van der Waals surface area contributed by atoms with E-state index in [2.05, 4.69) is 15.2 Å². The highest BCUT2D eigenvalue weighted by Gasteiger charge is 2.20. The molecule has 1 saturated heterocycles. The van der Waals surface area contributed by atoms with Gasteiger partial charge in [-0.15, -0.1) is 0 Å². The van der Waals surface area contributed by atoms with Crippen molar-refractivity contribution in [3.63, 3.8) is 0 Å². The molecule has 32 heavy (non-hydrogen) atoms. The normalized spacial score (nSPS) is 15.2. The van der Waals surface area contributed by atoms with Gasteiger partial charge in [-0.05, 0) is 50.0 Å². The quantitative estimate of drug-likeness (QED) is 0.556. The van der Waals surface area contributed by atoms with Gasteiger partial charge >= 0.3 is 0 Å². The topological polar surface area (TPSA) is 67.2 Å². The largest absolute Gasteiger partial charge is 0.355 e. The Morgan fingerprint density at radius 3 is 2.66 bits per heavy atom. The van der Waals surface area contributed by atoms with Crippen molar-refractivity contribution < 1.29 is 9.18 Å². The van der Waals surface area contributed by atoms with Crippen LogP contribution in [-0.2, 0) is 18.4 Å². The van der Waals surface area contributed by atoms with E-state index in [9.17, 15) is 14.0 Å². The van der Waals surface area contributed by atoms with Crippen molar-refractivity contribution in [3.8, 4) is 0 Å². The predicted octanol–water partition coefficient (Wildman–Crippen LogP) is 3.19. The van der Waals surface area contributed by atoms with Crippen LogP contribution in [0.15, 0.2) is 58.4 Å². The van der Waals surface area contributed by atoms with Crippen molar-refractivity contribution in [2.24, 2.45) is 13.0 Å². The highest BCUT2D eigenvalue weighted by Crippen LogP contribution is 2.20. The number of likely N-dealkylation sites (tertiary alicyclic amines) is 1. The summed E-state index contributed by atoms with van der Waals surface area (Å²) in [5.74, 6) is 0.315. The number of aryl methyl sites for hydroxylation is 1. The van der Waals surface area contributed by atoms with Crippen molar-refractivity contribution in [2.45, 2.75) is 24.4 Å². The lowest BCUT2D eigenvalue weighted by molar-refractivity contribution is -0.118. The number of thioether (sulfide) groups is 1. The minimum absolute atomic E-state index is 0.0965. The molecule has 0 atom stereocenters. The summed E-state index contributed by atoms with van der Waals surface area (Å²) < 4.78 is 15.4. The smallest absolute Gasteiger partial charge is 0.283 e. The second-order valence-corrected chi connectivity index (χ2v) is 9.14. The zero-order valence-corrected chi connectivity index (χ0v) is 18.9. The number of para-hydroxylation sites is 2. The number of carbonyl (C=O) groups is 1. The summed E-state index contributed by atoms with van der Waals surface area (Å²) in [5.41, 5.74) is 2.04. The molecule has 1 aliphatic rings. The average molecular weight is 455 g/mol. The van der Waals surface area contributed by atoms with Crippen LogP contribution in [0.2, 0.25) is 0 Å². The third-order valence-electron chi connectivity index (χ3n) is 5.94. The summed E-state index contributed by atoms with van der Waals surface area (Å²) in [7, 11) is 1.72. The zero-order chi connectivity index (χ0) is 22.5. The first-order valence-electron chi connectivity index (χ1n) is 10.8. The van der Waals surface area contributed by atoms with Crippen LogP contribution in [0.25, 0.3) is 11.0 Å². The van der Waals surface area contributed by atoms with Gasteiger partial charge in [0, 0.05) is 25.7 Å². The first-order valence-corrected chi connectivity index (χ1v) is 11.8. The Morgan fingerprint density at radius 1 is 1.16 bits per heavy atom. The maximum atomic E-state index is 13.8. The van der Waals surface area contributed by atoms with Crippen LogP contribution >= 0.6 is 11.8 Å². The van der Waals surface area contributed by atoms with Gasteiger partial charge in [-0.3, -0.25) is 14.5 Å². The molecule has 2 aromatic carbocycles. The number of nitrogens with zero attached hydrogens (tertiary/aromatic N) is 3. The van der Waals surface area contributed by atoms with E-state index >= 15 is 0 Å². The molecule has 8 heteroatoms. The van der Waals surface area contributed by atoms with E-state index < -0.39 is 0 Å². The van der Waals surface area contributed by atoms with Crippen molar-refractivity contribution in [1.29, 1.82) is 0 Å². The molecule has 0 bridgehead atoms. The third kappa shape index (κ3) is 5.37. The number of halogens is 1. The Morgan fingerprint density at radius 2 is 1.88 bits per heavy atom. The SMILES string of the molecule is Cn1c(=O)c(SCC(=O)NCC2CCN(Cc3ccccc3F)CC2)nc2ccccc21. The van der Waals surface area contributed by atoms with E-state index in [-0.39, 0.29) is 23.0 Å². The Labute approximate surface area is 190 Å². The standard InChI is InChI=1S/C24H27FN4O2S/c1-28-21-9-5-4-8-20(21)27-23(24(28)31)32-16-22(30)26-14-17-10-12-29(13-11-17)15-18-6-2-3-7-19(18)25/h2-9,17H,10-16H2,1H3,(H,26,30). The first-order chi connectivity index (χ1) is 15.5. The van der Waals surface area contributed by atoms with Crippen molar-refractivity contribution in [3.05, 3.63) is 70.3 Å². The lowest BCUT2D eigenvalue weighted by atomic mass is 9.96. The molecule has 168 valence electrons. The summed E-state index contributed by atoms with van der Waals surface area (Å²) in [6.45, 7) is 3.02. The molecule has 1 aliphatic heterocycles. The van der Waals surface area contributed by atoms with Crippen LogP contribution in [0.5, 0.6) is 0 Å². The van der Waals surface area contributed by atoms with E-state index in [4.69, 9.17) is 0 Å². The van der Waals surface area contributed by atoms with E-state index in [1.807, 2.05) is 36.4 Å². The van der Waals surface area contributed by atoms with Crippen LogP contribution in [0.3, 0.4) is 0 Å². The molecule has 1 aromatic heterocycles. The van der Waals surface area contributed by atoms with E-state index in [0.717, 1.165) is 42.5 Å². The lowest BCUT2D eigenvalue weighted by Gasteiger charge is -2.32. The van der Waals surface area contributed by atoms with E-state index in [1.54, 1.807) is 17.7 Å². The molecule has 0 unspecified atom stereocenters. The predicted molar refractivity (Wildman–Crippen MR) is 125 cm³/mol. The molecule has 4 rings (SSSR count). The summed E-state index contributed by atoms with van der Waals surface area (Å²) in [4.78, 5) is 31.5. The van der Waals surface area contributed by atoms with Gasteiger partial charge in [-0.2, -0.15) is 0 Å². The third-order valence-corrected chi connectivity index (χ3v) is 6.89. The second kappa shape index (κ2) is 10.3. The molecule has 1 fully saturated rings. The number of aromatic nitrogens is 2. The number of hydrogen-bond acceptors (Lipinski definition) is 5. The fraction of sp³-hybridized carbons (Fsp3) is 0.375. The fourth-order valence-corrected chi connectivity index (χ4v) is 4.80. The monoisotopic (exact) mass is 454 g/mol. The zero-order valence-electron chi connectivity index (χ0n) is 18.1. The number of benzene rings is 2. The van der Waals surface area contributed by atoms with Crippen molar-refractivity contribution in [2.75, 3.05) is 25.4 Å². The Hall–Kier alpha value is -2.71. The van der Waals surface area contributed by atoms with Gasteiger partial charge in [-0.1, -0.05) is 42.1 Å². The highest BCUT2D eigenvalue weighted by molar-refractivity contribution is 7.99. The second-order valence-electron chi connectivity index (χ2n) is 8.17. The fourth-order valence-electron chi connectivity index (χ4n) is 4.01. The van der Waals surface area contributed by atoms with Crippen LogP contribution < -0.4 is 10.9 Å². The molecule has 0 radical (unpaired) electrons. The maximum absolute atomic E-state index is 13.8. The van der Waals surface area contributed by atoms with Crippen LogP contribution in [0.1, 0.15) is 18.4 Å². The van der Waals surface area contributed by atoms with Gasteiger partial charge < -0.3 is 9.88 Å². The number of piperidine rings is 1. The number of amides is 1. The Balaban J connectivity index is 1.22. The van der Waals surface area contributed by atoms with Gasteiger partial charge in [0.2, 0.25) is 5.91 Å². The molecule has 0 aliphatic carbocycles. The molecule has 0 saturated carbocycles. The molecular formula is C24H27FN4O2S. The van der Waals surface area contributed by atoms with Crippen LogP contribution in [-0.4, -0.2) is 45.7 Å². The van der Waals surface area contributed by atoms with Gasteiger partial charge in [0.15, 0.2) is 5.03 Å². The van der Waals surface area contributed by atoms with Gasteiger partial charge in [0.05, 0.1) is 16.8 Å². The minimum atomic E-state index is -0.191. The van der Waals surface area contributed by atoms with E-state index in [1.165, 1.54) is 17.8 Å². The van der Waals surface area contributed by atoms with E-state index in [0.29, 0.717) is 24.0 Å². The maximum Gasteiger partial charge on any atom is 0.283 e. The Kier molecular flexibility index (Phi) is 7.22. The Bertz CT molecular complexity index is 1160. The summed E-state index contributed by atoms with van der Waals surface area (Å²) in [5, 5.41) is 3.33.